The quantitative estimate of drug-likeness (QED) is 0.160. The molecule has 0 atom stereocenters. The normalized spacial score (nSPS) is 11.4. The maximum Gasteiger partial charge on any atom is 0.188 e. The van der Waals surface area contributed by atoms with Crippen LogP contribution in [0.3, 0.4) is 0 Å². The molecule has 0 fully saturated rings. The van der Waals surface area contributed by atoms with Gasteiger partial charge in [0, 0.05) is 38.5 Å². The Kier molecular flexibility index (Phi) is 7.80. The maximum atomic E-state index is 7.51. The zero-order valence-electron chi connectivity index (χ0n) is 31.2. The SMILES string of the molecule is [C-]#[N+]c1ccc2oc3c(-c4cccc(-c5cccc(-c6nc(-c7cccc(-c8ccccc8)c7)c7c8ccccc8n(-c8ccccc8)c7n6)c5)c4)cccc3c2c1. The van der Waals surface area contributed by atoms with E-state index in [2.05, 4.69) is 173 Å². The summed E-state index contributed by atoms with van der Waals surface area (Å²) in [5.41, 5.74) is 14.4. The van der Waals surface area contributed by atoms with Crippen LogP contribution in [0.25, 0.3) is 110 Å². The number of hydrogen-bond acceptors (Lipinski definition) is 3. The zero-order chi connectivity index (χ0) is 38.6. The molecule has 0 aliphatic rings. The number of para-hydroxylation sites is 3. The van der Waals surface area contributed by atoms with Crippen molar-refractivity contribution in [2.45, 2.75) is 0 Å². The van der Waals surface area contributed by atoms with Crippen LogP contribution in [0.5, 0.6) is 0 Å². The van der Waals surface area contributed by atoms with Gasteiger partial charge in [-0.3, -0.25) is 4.57 Å². The molecule has 0 saturated carbocycles. The molecular formula is C53H32N4O. The predicted molar refractivity (Wildman–Crippen MR) is 237 cm³/mol. The Balaban J connectivity index is 1.09. The minimum absolute atomic E-state index is 0.597. The summed E-state index contributed by atoms with van der Waals surface area (Å²) in [5.74, 6) is 0.649. The van der Waals surface area contributed by atoms with E-state index in [0.29, 0.717) is 11.5 Å². The third kappa shape index (κ3) is 5.55. The summed E-state index contributed by atoms with van der Waals surface area (Å²) < 4.78 is 8.68. The number of aromatic nitrogens is 3. The van der Waals surface area contributed by atoms with Crippen molar-refractivity contribution in [2.24, 2.45) is 0 Å². The van der Waals surface area contributed by atoms with E-state index in [0.717, 1.165) is 99.8 Å². The molecule has 5 heteroatoms. The average Bonchev–Trinajstić information content (AvgIpc) is 3.85. The van der Waals surface area contributed by atoms with Crippen molar-refractivity contribution in [1.29, 1.82) is 0 Å². The van der Waals surface area contributed by atoms with Gasteiger partial charge in [0.1, 0.15) is 16.8 Å². The molecule has 0 spiro atoms. The largest absolute Gasteiger partial charge is 0.456 e. The van der Waals surface area contributed by atoms with Gasteiger partial charge in [-0.2, -0.15) is 0 Å². The van der Waals surface area contributed by atoms with Crippen molar-refractivity contribution < 1.29 is 4.42 Å². The number of furan rings is 1. The Morgan fingerprint density at radius 2 is 1.07 bits per heavy atom. The highest BCUT2D eigenvalue weighted by Gasteiger charge is 2.21. The fourth-order valence-corrected chi connectivity index (χ4v) is 8.29. The standard InChI is InChI=1S/C53H32N4O/c1-54-41-28-29-48-46(33-41)44-26-13-25-43(51(44)58-48)38-19-10-17-36(30-38)37-18-12-21-40(32-37)52-55-50(39-20-11-16-35(31-39)34-14-4-2-5-15-34)49-45-24-8-9-27-47(45)57(53(49)56-52)42-22-6-3-7-23-42/h2-33H. The van der Waals surface area contributed by atoms with Gasteiger partial charge in [0.25, 0.3) is 0 Å². The summed E-state index contributed by atoms with van der Waals surface area (Å²) in [6.07, 6.45) is 0. The minimum Gasteiger partial charge on any atom is -0.456 e. The van der Waals surface area contributed by atoms with Crippen LogP contribution >= 0.6 is 0 Å². The molecule has 0 saturated heterocycles. The van der Waals surface area contributed by atoms with Gasteiger partial charge in [0.15, 0.2) is 11.5 Å². The molecule has 0 radical (unpaired) electrons. The Bertz CT molecular complexity index is 3410. The van der Waals surface area contributed by atoms with Gasteiger partial charge in [-0.05, 0) is 76.3 Å². The molecule has 0 unspecified atom stereocenters. The summed E-state index contributed by atoms with van der Waals surface area (Å²) in [6.45, 7) is 7.51. The Morgan fingerprint density at radius 3 is 1.86 bits per heavy atom. The predicted octanol–water partition coefficient (Wildman–Crippen LogP) is 14.4. The summed E-state index contributed by atoms with van der Waals surface area (Å²) >= 11 is 0. The lowest BCUT2D eigenvalue weighted by atomic mass is 9.96. The van der Waals surface area contributed by atoms with Gasteiger partial charge >= 0.3 is 0 Å². The Morgan fingerprint density at radius 1 is 0.466 bits per heavy atom. The summed E-state index contributed by atoms with van der Waals surface area (Å²) in [6, 6.07) is 67.0. The molecule has 0 N–H and O–H groups in total. The minimum atomic E-state index is 0.597. The van der Waals surface area contributed by atoms with Crippen LogP contribution in [0, 0.1) is 6.57 Å². The van der Waals surface area contributed by atoms with Gasteiger partial charge in [0.05, 0.1) is 23.2 Å². The smallest absolute Gasteiger partial charge is 0.188 e. The number of hydrogen-bond donors (Lipinski definition) is 0. The number of nitrogens with zero attached hydrogens (tertiary/aromatic N) is 4. The van der Waals surface area contributed by atoms with Crippen LogP contribution in [0.1, 0.15) is 0 Å². The van der Waals surface area contributed by atoms with Crippen LogP contribution in [-0.2, 0) is 0 Å². The topological polar surface area (TPSA) is 48.2 Å². The first-order valence-electron chi connectivity index (χ1n) is 19.3. The van der Waals surface area contributed by atoms with E-state index >= 15 is 0 Å². The average molecular weight is 741 g/mol. The molecular weight excluding hydrogens is 709 g/mol. The Hall–Kier alpha value is -8.07. The van der Waals surface area contributed by atoms with E-state index in [1.807, 2.05) is 24.3 Å². The fourth-order valence-electron chi connectivity index (χ4n) is 8.29. The molecule has 8 aromatic carbocycles. The van der Waals surface area contributed by atoms with Crippen molar-refractivity contribution >= 4 is 49.6 Å². The second-order valence-electron chi connectivity index (χ2n) is 14.5. The lowest BCUT2D eigenvalue weighted by Crippen LogP contribution is -1.99. The summed E-state index contributed by atoms with van der Waals surface area (Å²) in [7, 11) is 0. The molecule has 11 aromatic rings. The second kappa shape index (κ2) is 13.6. The van der Waals surface area contributed by atoms with E-state index in [1.165, 1.54) is 0 Å². The highest BCUT2D eigenvalue weighted by atomic mass is 16.3. The van der Waals surface area contributed by atoms with Crippen LogP contribution < -0.4 is 0 Å². The van der Waals surface area contributed by atoms with Crippen molar-refractivity contribution in [3.63, 3.8) is 0 Å². The van der Waals surface area contributed by atoms with E-state index in [-0.39, 0.29) is 0 Å². The van der Waals surface area contributed by atoms with E-state index in [9.17, 15) is 0 Å². The van der Waals surface area contributed by atoms with Crippen LogP contribution in [-0.4, -0.2) is 14.5 Å². The van der Waals surface area contributed by atoms with Crippen molar-refractivity contribution in [3.05, 3.63) is 206 Å². The molecule has 0 aliphatic carbocycles. The lowest BCUT2D eigenvalue weighted by molar-refractivity contribution is 0.670. The number of rotatable bonds is 6. The van der Waals surface area contributed by atoms with E-state index < -0.39 is 0 Å². The van der Waals surface area contributed by atoms with E-state index in [1.54, 1.807) is 6.07 Å². The third-order valence-electron chi connectivity index (χ3n) is 11.0. The zero-order valence-corrected chi connectivity index (χ0v) is 31.2. The van der Waals surface area contributed by atoms with Gasteiger partial charge in [-0.15, -0.1) is 0 Å². The lowest BCUT2D eigenvalue weighted by Gasteiger charge is -2.12. The molecule has 58 heavy (non-hydrogen) atoms. The van der Waals surface area contributed by atoms with Gasteiger partial charge < -0.3 is 4.42 Å². The molecule has 0 amide bonds. The molecule has 3 heterocycles. The van der Waals surface area contributed by atoms with Gasteiger partial charge in [-0.1, -0.05) is 146 Å². The molecule has 11 rings (SSSR count). The molecule has 0 bridgehead atoms. The highest BCUT2D eigenvalue weighted by Crippen LogP contribution is 2.41. The van der Waals surface area contributed by atoms with Crippen LogP contribution in [0.4, 0.5) is 5.69 Å². The van der Waals surface area contributed by atoms with Crippen LogP contribution in [0.2, 0.25) is 0 Å². The van der Waals surface area contributed by atoms with E-state index in [4.69, 9.17) is 21.0 Å². The van der Waals surface area contributed by atoms with Crippen molar-refractivity contribution in [1.82, 2.24) is 14.5 Å². The van der Waals surface area contributed by atoms with Crippen molar-refractivity contribution in [2.75, 3.05) is 0 Å². The summed E-state index contributed by atoms with van der Waals surface area (Å²) in [5, 5.41) is 4.06. The summed E-state index contributed by atoms with van der Waals surface area (Å²) in [4.78, 5) is 14.5. The van der Waals surface area contributed by atoms with Gasteiger partial charge in [0.2, 0.25) is 0 Å². The fraction of sp³-hybridized carbons (Fsp3) is 0. The maximum absolute atomic E-state index is 7.51. The first kappa shape index (κ1) is 33.3. The third-order valence-corrected chi connectivity index (χ3v) is 11.0. The molecule has 270 valence electrons. The van der Waals surface area contributed by atoms with Gasteiger partial charge in [-0.25, -0.2) is 14.8 Å². The molecule has 5 nitrogen and oxygen atoms in total. The van der Waals surface area contributed by atoms with Crippen molar-refractivity contribution in [3.8, 4) is 61.7 Å². The Labute approximate surface area is 334 Å². The highest BCUT2D eigenvalue weighted by molar-refractivity contribution is 6.14. The number of fused-ring (bicyclic) bond motifs is 6. The molecule has 3 aromatic heterocycles. The van der Waals surface area contributed by atoms with Crippen LogP contribution in [0.15, 0.2) is 199 Å². The monoisotopic (exact) mass is 740 g/mol. The first-order chi connectivity index (χ1) is 28.7. The first-order valence-corrected chi connectivity index (χ1v) is 19.3. The molecule has 0 aliphatic heterocycles. The number of benzene rings is 8. The second-order valence-corrected chi connectivity index (χ2v) is 14.5.